The minimum Gasteiger partial charge on any atom is -0.384 e. The number of piperidine rings is 1. The van der Waals surface area contributed by atoms with Gasteiger partial charge in [0.2, 0.25) is 23.6 Å². The lowest BCUT2D eigenvalue weighted by Gasteiger charge is -2.27. The summed E-state index contributed by atoms with van der Waals surface area (Å²) < 4.78 is 1.81. The number of carbonyl (C=O) groups excluding carboxylic acids is 6. The number of rotatable bonds is 23. The van der Waals surface area contributed by atoms with Gasteiger partial charge in [0.05, 0.1) is 29.0 Å². The summed E-state index contributed by atoms with van der Waals surface area (Å²) >= 11 is 0. The number of fused-ring (bicyclic) bond motifs is 1. The van der Waals surface area contributed by atoms with Crippen LogP contribution < -0.4 is 26.6 Å². The number of aromatic nitrogens is 3. The average molecular weight is 905 g/mol. The van der Waals surface area contributed by atoms with E-state index in [1.54, 1.807) is 48.8 Å². The lowest BCUT2D eigenvalue weighted by atomic mass is 9.98. The first-order valence-electron chi connectivity index (χ1n) is 23.0. The third-order valence-corrected chi connectivity index (χ3v) is 12.1. The third kappa shape index (κ3) is 12.4. The molecule has 2 aromatic heterocycles. The van der Waals surface area contributed by atoms with E-state index >= 15 is 0 Å². The Morgan fingerprint density at radius 1 is 0.821 bits per heavy atom. The topological polar surface area (TPSA) is 220 Å². The molecule has 0 saturated carbocycles. The number of hydrogen-bond acceptors (Lipinski definition) is 11. The summed E-state index contributed by atoms with van der Waals surface area (Å²) in [6.45, 7) is 4.45. The molecule has 5 aromatic rings. The van der Waals surface area contributed by atoms with Gasteiger partial charge in [-0.25, -0.2) is 4.98 Å². The lowest BCUT2D eigenvalue weighted by molar-refractivity contribution is -0.136. The highest BCUT2D eigenvalue weighted by Gasteiger charge is 2.45. The van der Waals surface area contributed by atoms with Crippen LogP contribution in [0, 0.1) is 11.3 Å². The van der Waals surface area contributed by atoms with Crippen LogP contribution in [-0.2, 0) is 25.7 Å². The van der Waals surface area contributed by atoms with Crippen molar-refractivity contribution in [1.82, 2.24) is 35.6 Å². The minimum atomic E-state index is -0.996. The van der Waals surface area contributed by atoms with Crippen molar-refractivity contribution in [2.45, 2.75) is 95.7 Å². The molecule has 67 heavy (non-hydrogen) atoms. The summed E-state index contributed by atoms with van der Waals surface area (Å²) in [5, 5.41) is 28.5. The molecule has 0 aliphatic carbocycles. The smallest absolute Gasteiger partial charge is 0.264 e. The molecule has 346 valence electrons. The van der Waals surface area contributed by atoms with Crippen molar-refractivity contribution < 1.29 is 28.8 Å². The van der Waals surface area contributed by atoms with Gasteiger partial charge in [0.1, 0.15) is 17.9 Å². The maximum absolute atomic E-state index is 13.6. The molecule has 1 saturated heterocycles. The van der Waals surface area contributed by atoms with Crippen LogP contribution in [0.1, 0.15) is 120 Å². The number of amides is 6. The zero-order valence-electron chi connectivity index (χ0n) is 37.6. The van der Waals surface area contributed by atoms with E-state index in [0.29, 0.717) is 56.1 Å². The zero-order chi connectivity index (χ0) is 47.1. The summed E-state index contributed by atoms with van der Waals surface area (Å²) in [5.41, 5.74) is 5.32. The molecule has 5 N–H and O–H groups in total. The fourth-order valence-electron chi connectivity index (χ4n) is 8.34. The second kappa shape index (κ2) is 23.1. The van der Waals surface area contributed by atoms with Crippen molar-refractivity contribution in [3.8, 4) is 17.2 Å². The fourth-order valence-corrected chi connectivity index (χ4v) is 8.34. The Bertz CT molecular complexity index is 2590. The monoisotopic (exact) mass is 904 g/mol. The van der Waals surface area contributed by atoms with Gasteiger partial charge in [-0.15, -0.1) is 0 Å². The molecule has 0 radical (unpaired) electrons. The van der Waals surface area contributed by atoms with Crippen LogP contribution in [0.4, 0.5) is 11.5 Å². The predicted octanol–water partition coefficient (Wildman–Crippen LogP) is 6.64. The Hall–Kier alpha value is -7.51. The summed E-state index contributed by atoms with van der Waals surface area (Å²) in [7, 11) is 0. The van der Waals surface area contributed by atoms with E-state index in [1.165, 1.54) is 0 Å². The predicted molar refractivity (Wildman–Crippen MR) is 252 cm³/mol. The van der Waals surface area contributed by atoms with Gasteiger partial charge in [-0.2, -0.15) is 10.4 Å². The third-order valence-electron chi connectivity index (χ3n) is 12.1. The molecule has 2 aliphatic rings. The quantitative estimate of drug-likeness (QED) is 0.0346. The molecule has 0 bridgehead atoms. The highest BCUT2D eigenvalue weighted by atomic mass is 16.2. The molecule has 1 unspecified atom stereocenters. The van der Waals surface area contributed by atoms with Gasteiger partial charge in [-0.3, -0.25) is 43.7 Å². The molecule has 6 amide bonds. The maximum atomic E-state index is 13.6. The Labute approximate surface area is 389 Å². The minimum absolute atomic E-state index is 0.0126. The highest BCUT2D eigenvalue weighted by Crippen LogP contribution is 2.32. The van der Waals surface area contributed by atoms with Gasteiger partial charge in [0.25, 0.3) is 11.8 Å². The van der Waals surface area contributed by atoms with Crippen LogP contribution in [0.2, 0.25) is 0 Å². The van der Waals surface area contributed by atoms with Crippen molar-refractivity contribution in [2.75, 3.05) is 30.3 Å². The Morgan fingerprint density at radius 3 is 2.31 bits per heavy atom. The van der Waals surface area contributed by atoms with Crippen LogP contribution in [0.5, 0.6) is 0 Å². The van der Waals surface area contributed by atoms with Gasteiger partial charge >= 0.3 is 0 Å². The van der Waals surface area contributed by atoms with Crippen LogP contribution >= 0.6 is 0 Å². The van der Waals surface area contributed by atoms with Gasteiger partial charge in [-0.1, -0.05) is 81.1 Å². The number of benzene rings is 3. The van der Waals surface area contributed by atoms with Crippen molar-refractivity contribution >= 4 is 46.9 Å². The summed E-state index contributed by atoms with van der Waals surface area (Å²) in [6, 6.07) is 26.3. The molecular weight excluding hydrogens is 849 g/mol. The Morgan fingerprint density at radius 2 is 1.58 bits per heavy atom. The highest BCUT2D eigenvalue weighted by molar-refractivity contribution is 6.25. The van der Waals surface area contributed by atoms with E-state index in [2.05, 4.69) is 49.7 Å². The van der Waals surface area contributed by atoms with E-state index < -0.39 is 35.7 Å². The Balaban J connectivity index is 0.752. The summed E-state index contributed by atoms with van der Waals surface area (Å²) in [6.07, 6.45) is 12.4. The number of hydrogen-bond donors (Lipinski definition) is 5. The largest absolute Gasteiger partial charge is 0.384 e. The lowest BCUT2D eigenvalue weighted by Crippen LogP contribution is -2.54. The molecule has 0 spiro atoms. The van der Waals surface area contributed by atoms with Crippen molar-refractivity contribution in [1.29, 1.82) is 5.26 Å². The van der Waals surface area contributed by atoms with Gasteiger partial charge in [0, 0.05) is 68.2 Å². The number of anilines is 2. The van der Waals surface area contributed by atoms with Crippen LogP contribution in [0.3, 0.4) is 0 Å². The van der Waals surface area contributed by atoms with Crippen LogP contribution in [0.15, 0.2) is 104 Å². The summed E-state index contributed by atoms with van der Waals surface area (Å²) in [5.74, 6) is -1.76. The van der Waals surface area contributed by atoms with Gasteiger partial charge < -0.3 is 21.3 Å². The van der Waals surface area contributed by atoms with Crippen LogP contribution in [-0.4, -0.2) is 80.8 Å². The fraction of sp³-hybridized carbons (Fsp3) is 0.353. The molecule has 3 aromatic carbocycles. The van der Waals surface area contributed by atoms with Crippen molar-refractivity contribution in [2.24, 2.45) is 0 Å². The number of nitrogens with one attached hydrogen (secondary N) is 5. The second-order valence-corrected chi connectivity index (χ2v) is 17.0. The number of carbonyl (C=O) groups is 6. The molecule has 16 nitrogen and oxygen atoms in total. The van der Waals surface area contributed by atoms with E-state index in [1.807, 2.05) is 59.4 Å². The molecule has 16 heteroatoms. The zero-order valence-corrected chi connectivity index (χ0v) is 37.6. The van der Waals surface area contributed by atoms with Crippen molar-refractivity contribution in [3.05, 3.63) is 131 Å². The first-order valence-corrected chi connectivity index (χ1v) is 23.0. The molecule has 1 fully saturated rings. The van der Waals surface area contributed by atoms with E-state index in [4.69, 9.17) is 5.26 Å². The molecule has 4 heterocycles. The average Bonchev–Trinajstić information content (AvgIpc) is 3.91. The van der Waals surface area contributed by atoms with Crippen LogP contribution in [0.25, 0.3) is 11.1 Å². The number of nitrogens with zero attached hydrogens (tertiary/aromatic N) is 5. The number of nitriles is 1. The van der Waals surface area contributed by atoms with E-state index in [9.17, 15) is 28.8 Å². The number of imide groups is 2. The second-order valence-electron chi connectivity index (χ2n) is 17.0. The first kappa shape index (κ1) is 47.5. The molecule has 3 atom stereocenters. The summed E-state index contributed by atoms with van der Waals surface area (Å²) in [4.78, 5) is 82.0. The molecular formula is C51H56N10O6. The molecule has 7 rings (SSSR count). The normalized spacial score (nSPS) is 15.3. The standard InChI is InChI=1S/C51H56N10O6/c1-34(36-20-18-35(29-52)19-21-36)30-56-47(37-13-7-6-8-14-37)49(65)58-43-24-22-38(31-55-43)39-32-57-60(33-39)28-12-17-44(62)54-27-10-5-3-2-4-9-26-53-41-16-11-15-40-46(41)51(67)61(50(40)66)42-23-25-45(63)59-48(42)64/h6-8,11,13-16,18-22,24,31-34,42,47,53,56H,2-5,9-10,12,17,23,25-28,30H2,1H3,(H,54,62)(H,55,58,65)(H,59,63,64)/t34-,42?,47-/m1/s1. The first-order chi connectivity index (χ1) is 32.6. The Kier molecular flexibility index (Phi) is 16.4. The number of aryl methyl sites for hydroxylation is 1. The molecule has 2 aliphatic heterocycles. The number of pyridine rings is 1. The number of unbranched alkanes of at least 4 members (excludes halogenated alkanes) is 5. The van der Waals surface area contributed by atoms with Crippen molar-refractivity contribution in [3.63, 3.8) is 0 Å². The SMILES string of the molecule is C[C@H](CN[C@@H](C(=O)Nc1ccc(-c2cnn(CCCC(=O)NCCCCCCCCNc3cccc4c3C(=O)N(C3CCC(=O)NC3=O)C4=O)c2)cn1)c1ccccc1)c1ccc(C#N)cc1. The van der Waals surface area contributed by atoms with Gasteiger partial charge in [-0.05, 0) is 79.1 Å². The van der Waals surface area contributed by atoms with E-state index in [0.717, 1.165) is 65.7 Å². The van der Waals surface area contributed by atoms with Gasteiger partial charge in [0.15, 0.2) is 0 Å². The van der Waals surface area contributed by atoms with E-state index in [-0.39, 0.29) is 41.7 Å². The maximum Gasteiger partial charge on any atom is 0.264 e.